The number of ether oxygens (including phenoxy) is 4. The van der Waals surface area contributed by atoms with Gasteiger partial charge in [-0.05, 0) is 24.3 Å². The third kappa shape index (κ3) is 5.09. The van der Waals surface area contributed by atoms with Gasteiger partial charge in [-0.15, -0.1) is 0 Å². The molecule has 2 aliphatic rings. The second-order valence-electron chi connectivity index (χ2n) is 7.65. The first-order valence-corrected chi connectivity index (χ1v) is 9.81. The molecule has 2 fully saturated rings. The van der Waals surface area contributed by atoms with E-state index in [2.05, 4.69) is 0 Å². The van der Waals surface area contributed by atoms with E-state index in [9.17, 15) is 35.7 Å². The number of hydrogen-bond acceptors (Lipinski definition) is 12. The minimum absolute atomic E-state index is 0.287. The highest BCUT2D eigenvalue weighted by atomic mass is 16.7. The third-order valence-electron chi connectivity index (χ3n) is 5.39. The van der Waals surface area contributed by atoms with Crippen LogP contribution in [0.2, 0.25) is 0 Å². The molecule has 0 radical (unpaired) electrons. The number of nitrogens with two attached hydrogens (primary N) is 1. The van der Waals surface area contributed by atoms with Gasteiger partial charge in [-0.2, -0.15) is 0 Å². The summed E-state index contributed by atoms with van der Waals surface area (Å²) in [4.78, 5) is 0. The molecular formula is C19H29NO11. The van der Waals surface area contributed by atoms with E-state index in [4.69, 9.17) is 24.7 Å². The molecule has 12 nitrogen and oxygen atoms in total. The van der Waals surface area contributed by atoms with Crippen LogP contribution in [0.4, 0.5) is 5.69 Å². The maximum atomic E-state index is 10.8. The summed E-state index contributed by atoms with van der Waals surface area (Å²) in [5.74, 6) is -1.67. The quantitative estimate of drug-likeness (QED) is 0.193. The maximum Gasteiger partial charge on any atom is 0.229 e. The van der Waals surface area contributed by atoms with Gasteiger partial charge in [0.1, 0.15) is 42.4 Å². The van der Waals surface area contributed by atoms with Gasteiger partial charge in [0.15, 0.2) is 5.79 Å². The number of nitrogen functional groups attached to an aromatic ring is 1. The topological polar surface area (TPSA) is 205 Å². The van der Waals surface area contributed by atoms with Crippen molar-refractivity contribution in [3.05, 3.63) is 24.3 Å². The van der Waals surface area contributed by atoms with Crippen LogP contribution < -0.4 is 10.5 Å². The molecule has 0 bridgehead atoms. The molecule has 1 aromatic carbocycles. The molecule has 31 heavy (non-hydrogen) atoms. The van der Waals surface area contributed by atoms with Gasteiger partial charge < -0.3 is 60.4 Å². The lowest BCUT2D eigenvalue weighted by Gasteiger charge is -2.49. The van der Waals surface area contributed by atoms with Gasteiger partial charge in [-0.25, -0.2) is 0 Å². The molecule has 0 amide bonds. The average Bonchev–Trinajstić information content (AvgIpc) is 2.77. The predicted molar refractivity (Wildman–Crippen MR) is 103 cm³/mol. The first-order valence-electron chi connectivity index (χ1n) is 9.81. The van der Waals surface area contributed by atoms with Crippen LogP contribution in [-0.2, 0) is 14.2 Å². The smallest absolute Gasteiger partial charge is 0.229 e. The second-order valence-corrected chi connectivity index (χ2v) is 7.65. The number of benzene rings is 1. The van der Waals surface area contributed by atoms with E-state index in [1.165, 1.54) is 12.1 Å². The molecule has 2 saturated heterocycles. The van der Waals surface area contributed by atoms with Crippen molar-refractivity contribution in [2.24, 2.45) is 0 Å². The van der Waals surface area contributed by atoms with Crippen LogP contribution in [0.5, 0.6) is 5.75 Å². The van der Waals surface area contributed by atoms with Crippen LogP contribution >= 0.6 is 0 Å². The zero-order valence-corrected chi connectivity index (χ0v) is 16.6. The lowest BCUT2D eigenvalue weighted by Crippen LogP contribution is -2.66. The summed E-state index contributed by atoms with van der Waals surface area (Å²) in [5, 5.41) is 70.3. The fourth-order valence-corrected chi connectivity index (χ4v) is 3.66. The number of aliphatic hydroxyl groups is 7. The molecular weight excluding hydrogens is 418 g/mol. The molecule has 8 unspecified atom stereocenters. The number of aliphatic hydroxyl groups excluding tert-OH is 7. The molecule has 2 aliphatic heterocycles. The fourth-order valence-electron chi connectivity index (χ4n) is 3.66. The van der Waals surface area contributed by atoms with Crippen LogP contribution in [0.25, 0.3) is 0 Å². The summed E-state index contributed by atoms with van der Waals surface area (Å²) in [7, 11) is 0. The van der Waals surface area contributed by atoms with E-state index in [1.807, 2.05) is 0 Å². The van der Waals surface area contributed by atoms with Gasteiger partial charge in [-0.1, -0.05) is 0 Å². The van der Waals surface area contributed by atoms with Crippen LogP contribution in [0, 0.1) is 0 Å². The van der Waals surface area contributed by atoms with E-state index in [1.54, 1.807) is 12.1 Å². The molecule has 0 aromatic heterocycles. The van der Waals surface area contributed by atoms with Crippen LogP contribution in [0.3, 0.4) is 0 Å². The minimum Gasteiger partial charge on any atom is -0.462 e. The minimum atomic E-state index is -1.96. The van der Waals surface area contributed by atoms with Crippen LogP contribution in [-0.4, -0.2) is 110 Å². The standard InChI is InChI=1S/C19H29NO11/c20-9-1-3-10(4-2-9)28-18-16(27)17(15(26)12(6-21)29-18)31-19(8-23)5-11(24)14(25)13(7-22)30-19/h1-4,11-18,21-27H,5-8,20H2/t11?,12-,13?,14?,15?,16?,17?,18?,19?/m1/s1. The Morgan fingerprint density at radius 1 is 0.935 bits per heavy atom. The summed E-state index contributed by atoms with van der Waals surface area (Å²) >= 11 is 0. The summed E-state index contributed by atoms with van der Waals surface area (Å²) in [6.07, 6.45) is -11.8. The lowest BCUT2D eigenvalue weighted by molar-refractivity contribution is -0.381. The molecule has 2 heterocycles. The predicted octanol–water partition coefficient (Wildman–Crippen LogP) is -3.34. The summed E-state index contributed by atoms with van der Waals surface area (Å²) in [6, 6.07) is 6.19. The Kier molecular flexibility index (Phi) is 7.70. The highest BCUT2D eigenvalue weighted by molar-refractivity contribution is 5.41. The highest BCUT2D eigenvalue weighted by Gasteiger charge is 2.53. The third-order valence-corrected chi connectivity index (χ3v) is 5.39. The Balaban J connectivity index is 1.82. The van der Waals surface area contributed by atoms with Crippen molar-refractivity contribution in [2.75, 3.05) is 25.6 Å². The van der Waals surface area contributed by atoms with E-state index in [-0.39, 0.29) is 5.75 Å². The maximum absolute atomic E-state index is 10.8. The van der Waals surface area contributed by atoms with E-state index < -0.39 is 81.0 Å². The van der Waals surface area contributed by atoms with Gasteiger partial charge in [0.25, 0.3) is 0 Å². The molecule has 9 atom stereocenters. The van der Waals surface area contributed by atoms with E-state index in [0.29, 0.717) is 5.69 Å². The van der Waals surface area contributed by atoms with Crippen molar-refractivity contribution < 1.29 is 54.7 Å². The fraction of sp³-hybridized carbons (Fsp3) is 0.684. The van der Waals surface area contributed by atoms with Gasteiger partial charge in [0.2, 0.25) is 6.29 Å². The molecule has 0 aliphatic carbocycles. The molecule has 0 saturated carbocycles. The first-order chi connectivity index (χ1) is 14.7. The molecule has 176 valence electrons. The Morgan fingerprint density at radius 3 is 2.16 bits per heavy atom. The summed E-state index contributed by atoms with van der Waals surface area (Å²) in [5.41, 5.74) is 6.12. The Labute approximate surface area is 178 Å². The van der Waals surface area contributed by atoms with Gasteiger partial charge >= 0.3 is 0 Å². The first kappa shape index (κ1) is 24.1. The number of anilines is 1. The summed E-state index contributed by atoms with van der Waals surface area (Å²) in [6.45, 7) is -2.13. The van der Waals surface area contributed by atoms with E-state index >= 15 is 0 Å². The van der Waals surface area contributed by atoms with Gasteiger partial charge in [-0.3, -0.25) is 0 Å². The van der Waals surface area contributed by atoms with Crippen LogP contribution in [0.15, 0.2) is 24.3 Å². The van der Waals surface area contributed by atoms with Gasteiger partial charge in [0.05, 0.1) is 25.9 Å². The lowest BCUT2D eigenvalue weighted by atomic mass is 9.94. The van der Waals surface area contributed by atoms with Crippen molar-refractivity contribution in [3.8, 4) is 5.75 Å². The largest absolute Gasteiger partial charge is 0.462 e. The Morgan fingerprint density at radius 2 is 1.58 bits per heavy atom. The van der Waals surface area contributed by atoms with Gasteiger partial charge in [0, 0.05) is 12.1 Å². The number of hydrogen-bond donors (Lipinski definition) is 8. The number of rotatable bonds is 7. The molecule has 3 rings (SSSR count). The van der Waals surface area contributed by atoms with Crippen molar-refractivity contribution in [1.82, 2.24) is 0 Å². The Bertz CT molecular complexity index is 707. The molecule has 9 N–H and O–H groups in total. The second kappa shape index (κ2) is 9.92. The average molecular weight is 447 g/mol. The zero-order valence-electron chi connectivity index (χ0n) is 16.6. The Hall–Kier alpha value is -1.58. The highest BCUT2D eigenvalue weighted by Crippen LogP contribution is 2.35. The zero-order chi connectivity index (χ0) is 22.8. The molecule has 12 heteroatoms. The van der Waals surface area contributed by atoms with E-state index in [0.717, 1.165) is 0 Å². The SMILES string of the molecule is Nc1ccc(OC2O[C@H](CO)C(O)C(OC3(CO)CC(O)C(O)C(CO)O3)C2O)cc1. The monoisotopic (exact) mass is 447 g/mol. The molecule has 1 aromatic rings. The normalized spacial score (nSPS) is 41.1. The van der Waals surface area contributed by atoms with Crippen LogP contribution in [0.1, 0.15) is 6.42 Å². The summed E-state index contributed by atoms with van der Waals surface area (Å²) < 4.78 is 22.2. The molecule has 0 spiro atoms. The van der Waals surface area contributed by atoms with Crippen molar-refractivity contribution in [1.29, 1.82) is 0 Å². The van der Waals surface area contributed by atoms with Crippen molar-refractivity contribution in [3.63, 3.8) is 0 Å². The van der Waals surface area contributed by atoms with Crippen molar-refractivity contribution in [2.45, 2.75) is 61.2 Å². The van der Waals surface area contributed by atoms with Crippen molar-refractivity contribution >= 4 is 5.69 Å².